The molecule has 1 fully saturated rings. The van der Waals surface area contributed by atoms with E-state index in [-0.39, 0.29) is 12.4 Å². The number of thiophene rings is 1. The summed E-state index contributed by atoms with van der Waals surface area (Å²) < 4.78 is 6.48. The minimum atomic E-state index is 0.0840. The molecule has 100 valence electrons. The van der Waals surface area contributed by atoms with Gasteiger partial charge in [0.2, 0.25) is 0 Å². The van der Waals surface area contributed by atoms with E-state index < -0.39 is 0 Å². The second-order valence-electron chi connectivity index (χ2n) is 5.17. The first-order valence-electron chi connectivity index (χ1n) is 6.50. The van der Waals surface area contributed by atoms with Crippen LogP contribution in [0.1, 0.15) is 42.3 Å². The Morgan fingerprint density at radius 3 is 3.06 bits per heavy atom. The molecule has 0 aliphatic heterocycles. The smallest absolute Gasteiger partial charge is 0.199 e. The summed E-state index contributed by atoms with van der Waals surface area (Å²) in [5.74, 6) is 1.54. The van der Waals surface area contributed by atoms with Crippen LogP contribution in [0.2, 0.25) is 0 Å². The molecule has 0 aromatic carbocycles. The van der Waals surface area contributed by atoms with Gasteiger partial charge in [-0.3, -0.25) is 4.79 Å². The zero-order valence-electron chi connectivity index (χ0n) is 10.7. The lowest BCUT2D eigenvalue weighted by Gasteiger charge is -2.26. The van der Waals surface area contributed by atoms with Gasteiger partial charge in [0, 0.05) is 4.47 Å². The number of halogens is 1. The van der Waals surface area contributed by atoms with Gasteiger partial charge < -0.3 is 4.74 Å². The average Bonchev–Trinajstić information content (AvgIpc) is 2.75. The quantitative estimate of drug-likeness (QED) is 0.741. The highest BCUT2D eigenvalue weighted by Gasteiger charge is 2.19. The van der Waals surface area contributed by atoms with Crippen molar-refractivity contribution < 1.29 is 9.53 Å². The molecule has 1 aliphatic carbocycles. The lowest BCUT2D eigenvalue weighted by atomic mass is 9.83. The number of carbonyl (C=O) groups is 1. The van der Waals surface area contributed by atoms with Gasteiger partial charge >= 0.3 is 0 Å². The van der Waals surface area contributed by atoms with Crippen molar-refractivity contribution in [1.82, 2.24) is 0 Å². The molecule has 0 radical (unpaired) electrons. The van der Waals surface area contributed by atoms with E-state index >= 15 is 0 Å². The summed E-state index contributed by atoms with van der Waals surface area (Å²) in [5.41, 5.74) is 0. The summed E-state index contributed by atoms with van der Waals surface area (Å²) in [6.07, 6.45) is 5.15. The Hall–Kier alpha value is -0.190. The van der Waals surface area contributed by atoms with Crippen LogP contribution in [0.5, 0.6) is 0 Å². The fourth-order valence-electron chi connectivity index (χ4n) is 2.59. The molecule has 4 heteroatoms. The van der Waals surface area contributed by atoms with Crippen LogP contribution < -0.4 is 0 Å². The SMILES string of the molecule is CC1CCCC(COCC(=O)c2sccc2Br)C1. The van der Waals surface area contributed by atoms with Crippen molar-refractivity contribution >= 4 is 33.0 Å². The molecule has 1 aromatic rings. The van der Waals surface area contributed by atoms with Gasteiger partial charge in [0.25, 0.3) is 0 Å². The van der Waals surface area contributed by atoms with Gasteiger partial charge in [-0.2, -0.15) is 0 Å². The topological polar surface area (TPSA) is 26.3 Å². The first-order chi connectivity index (χ1) is 8.66. The highest BCUT2D eigenvalue weighted by Crippen LogP contribution is 2.29. The second-order valence-corrected chi connectivity index (χ2v) is 6.94. The Kier molecular flexibility index (Phi) is 5.39. The molecular weight excluding hydrogens is 312 g/mol. The lowest BCUT2D eigenvalue weighted by Crippen LogP contribution is -2.20. The van der Waals surface area contributed by atoms with Gasteiger partial charge in [-0.25, -0.2) is 0 Å². The van der Waals surface area contributed by atoms with Crippen LogP contribution in [0, 0.1) is 11.8 Å². The van der Waals surface area contributed by atoms with Gasteiger partial charge in [-0.15, -0.1) is 11.3 Å². The Balaban J connectivity index is 1.72. The Bertz CT molecular complexity index is 402. The summed E-state index contributed by atoms with van der Waals surface area (Å²) >= 11 is 4.84. The van der Waals surface area contributed by atoms with Crippen molar-refractivity contribution in [3.05, 3.63) is 20.8 Å². The predicted octanol–water partition coefficient (Wildman–Crippen LogP) is 4.54. The molecule has 1 heterocycles. The van der Waals surface area contributed by atoms with Crippen LogP contribution in [-0.2, 0) is 4.74 Å². The van der Waals surface area contributed by atoms with E-state index in [4.69, 9.17) is 4.74 Å². The van der Waals surface area contributed by atoms with Gasteiger partial charge in [0.15, 0.2) is 5.78 Å². The Labute approximate surface area is 121 Å². The van der Waals surface area contributed by atoms with Crippen molar-refractivity contribution in [3.63, 3.8) is 0 Å². The Morgan fingerprint density at radius 2 is 2.39 bits per heavy atom. The lowest BCUT2D eigenvalue weighted by molar-refractivity contribution is 0.0596. The molecule has 2 nitrogen and oxygen atoms in total. The minimum absolute atomic E-state index is 0.0840. The van der Waals surface area contributed by atoms with E-state index in [0.717, 1.165) is 21.9 Å². The zero-order valence-corrected chi connectivity index (χ0v) is 13.1. The molecule has 2 unspecified atom stereocenters. The van der Waals surface area contributed by atoms with Crippen molar-refractivity contribution in [2.24, 2.45) is 11.8 Å². The summed E-state index contributed by atoms with van der Waals surface area (Å²) in [4.78, 5) is 12.7. The van der Waals surface area contributed by atoms with E-state index in [9.17, 15) is 4.79 Å². The molecule has 1 aromatic heterocycles. The fourth-order valence-corrected chi connectivity index (χ4v) is 4.11. The predicted molar refractivity (Wildman–Crippen MR) is 78.3 cm³/mol. The maximum absolute atomic E-state index is 11.9. The number of carbonyl (C=O) groups excluding carboxylic acids is 1. The standard InChI is InChI=1S/C14H19BrO2S/c1-10-3-2-4-11(7-10)8-17-9-13(16)14-12(15)5-6-18-14/h5-6,10-11H,2-4,7-9H2,1H3. The van der Waals surface area contributed by atoms with E-state index in [0.29, 0.717) is 5.92 Å². The Morgan fingerprint density at radius 1 is 1.56 bits per heavy atom. The molecule has 2 atom stereocenters. The summed E-state index contributed by atoms with van der Waals surface area (Å²) in [7, 11) is 0. The minimum Gasteiger partial charge on any atom is -0.373 e. The van der Waals surface area contributed by atoms with Crippen LogP contribution in [0.15, 0.2) is 15.9 Å². The number of ketones is 1. The third-order valence-electron chi connectivity index (χ3n) is 3.50. The zero-order chi connectivity index (χ0) is 13.0. The van der Waals surface area contributed by atoms with E-state index in [1.54, 1.807) is 0 Å². The van der Waals surface area contributed by atoms with Crippen LogP contribution in [-0.4, -0.2) is 19.0 Å². The van der Waals surface area contributed by atoms with Crippen LogP contribution in [0.25, 0.3) is 0 Å². The van der Waals surface area contributed by atoms with Gasteiger partial charge in [-0.1, -0.05) is 19.8 Å². The highest BCUT2D eigenvalue weighted by atomic mass is 79.9. The molecule has 1 aliphatic rings. The second kappa shape index (κ2) is 6.83. The summed E-state index contributed by atoms with van der Waals surface area (Å²) in [6, 6.07) is 1.90. The average molecular weight is 331 g/mol. The normalized spacial score (nSPS) is 24.1. The maximum atomic E-state index is 11.9. The molecule has 0 bridgehead atoms. The van der Waals surface area contributed by atoms with Crippen molar-refractivity contribution in [3.8, 4) is 0 Å². The third-order valence-corrected chi connectivity index (χ3v) is 5.38. The first-order valence-corrected chi connectivity index (χ1v) is 8.18. The number of hydrogen-bond donors (Lipinski definition) is 0. The molecule has 0 spiro atoms. The van der Waals surface area contributed by atoms with Gasteiger partial charge in [0.1, 0.15) is 6.61 Å². The highest BCUT2D eigenvalue weighted by molar-refractivity contribution is 9.10. The third kappa shape index (κ3) is 3.90. The molecular formula is C14H19BrO2S. The molecule has 0 N–H and O–H groups in total. The largest absolute Gasteiger partial charge is 0.373 e. The van der Waals surface area contributed by atoms with E-state index in [1.807, 2.05) is 11.4 Å². The number of Topliss-reactive ketones (excluding diaryl/α,β-unsaturated/α-hetero) is 1. The molecule has 0 amide bonds. The monoisotopic (exact) mass is 330 g/mol. The van der Waals surface area contributed by atoms with E-state index in [1.165, 1.54) is 37.0 Å². The number of hydrogen-bond acceptors (Lipinski definition) is 3. The van der Waals surface area contributed by atoms with Gasteiger partial charge in [0.05, 0.1) is 11.5 Å². The van der Waals surface area contributed by atoms with Crippen molar-refractivity contribution in [1.29, 1.82) is 0 Å². The molecule has 1 saturated carbocycles. The van der Waals surface area contributed by atoms with E-state index in [2.05, 4.69) is 22.9 Å². The van der Waals surface area contributed by atoms with Crippen LogP contribution in [0.3, 0.4) is 0 Å². The van der Waals surface area contributed by atoms with Crippen LogP contribution in [0.4, 0.5) is 0 Å². The molecule has 18 heavy (non-hydrogen) atoms. The molecule has 2 rings (SSSR count). The number of rotatable bonds is 5. The van der Waals surface area contributed by atoms with Crippen molar-refractivity contribution in [2.45, 2.75) is 32.6 Å². The maximum Gasteiger partial charge on any atom is 0.199 e. The van der Waals surface area contributed by atoms with Crippen molar-refractivity contribution in [2.75, 3.05) is 13.2 Å². The van der Waals surface area contributed by atoms with Gasteiger partial charge in [-0.05, 0) is 52.1 Å². The fraction of sp³-hybridized carbons (Fsp3) is 0.643. The summed E-state index contributed by atoms with van der Waals surface area (Å²) in [5, 5.41) is 1.92. The van der Waals surface area contributed by atoms with Crippen LogP contribution >= 0.6 is 27.3 Å². The first kappa shape index (κ1) is 14.2. The molecule has 0 saturated heterocycles. The number of ether oxygens (including phenoxy) is 1. The summed E-state index contributed by atoms with van der Waals surface area (Å²) in [6.45, 7) is 3.25.